The number of benzene rings is 1. The van der Waals surface area contributed by atoms with Crippen LogP contribution in [0.25, 0.3) is 0 Å². The molecule has 1 aliphatic heterocycles. The fraction of sp³-hybridized carbons (Fsp3) is 0.357. The molecule has 1 aliphatic rings. The van der Waals surface area contributed by atoms with Crippen LogP contribution in [-0.2, 0) is 14.4 Å². The normalized spacial score (nSPS) is 18.1. The molecule has 0 radical (unpaired) electrons. The molecule has 1 aromatic carbocycles. The van der Waals surface area contributed by atoms with E-state index in [-0.39, 0.29) is 11.8 Å². The molecule has 1 unspecified atom stereocenters. The number of amides is 3. The van der Waals surface area contributed by atoms with Crippen LogP contribution in [0.1, 0.15) is 12.8 Å². The largest absolute Gasteiger partial charge is 0.399 e. The molecule has 1 aromatic rings. The molecular weight excluding hydrogens is 272 g/mol. The number of carbonyl (C=O) groups excluding carboxylic acids is 3. The van der Waals surface area contributed by atoms with Crippen LogP contribution in [-0.4, -0.2) is 38.4 Å². The van der Waals surface area contributed by atoms with Crippen LogP contribution in [0.2, 0.25) is 0 Å². The highest BCUT2D eigenvalue weighted by molar-refractivity contribution is 6.02. The number of rotatable bonds is 4. The van der Waals surface area contributed by atoms with Gasteiger partial charge in [-0.25, -0.2) is 0 Å². The van der Waals surface area contributed by atoms with Gasteiger partial charge in [-0.2, -0.15) is 0 Å². The first-order valence-corrected chi connectivity index (χ1v) is 6.58. The van der Waals surface area contributed by atoms with E-state index in [1.165, 1.54) is 4.90 Å². The van der Waals surface area contributed by atoms with Crippen LogP contribution in [0, 0.1) is 0 Å². The van der Waals surface area contributed by atoms with Crippen molar-refractivity contribution in [2.45, 2.75) is 18.9 Å². The summed E-state index contributed by atoms with van der Waals surface area (Å²) < 4.78 is 0. The Kier molecular flexibility index (Phi) is 4.11. The quantitative estimate of drug-likeness (QED) is 0.466. The van der Waals surface area contributed by atoms with Gasteiger partial charge >= 0.3 is 0 Å². The second-order valence-corrected chi connectivity index (χ2v) is 5.04. The third-order valence-electron chi connectivity index (χ3n) is 3.60. The van der Waals surface area contributed by atoms with Gasteiger partial charge in [-0.3, -0.25) is 19.7 Å². The Morgan fingerprint density at radius 2 is 2.00 bits per heavy atom. The summed E-state index contributed by atoms with van der Waals surface area (Å²) >= 11 is 0. The van der Waals surface area contributed by atoms with Crippen LogP contribution >= 0.6 is 0 Å². The number of hydrogen-bond donors (Lipinski definition) is 2. The molecule has 112 valence electrons. The first kappa shape index (κ1) is 14.8. The smallest absolute Gasteiger partial charge is 0.249 e. The zero-order valence-corrected chi connectivity index (χ0v) is 12.0. The van der Waals surface area contributed by atoms with E-state index in [4.69, 9.17) is 5.73 Å². The summed E-state index contributed by atoms with van der Waals surface area (Å²) in [5.41, 5.74) is 7.60. The van der Waals surface area contributed by atoms with Gasteiger partial charge in [0, 0.05) is 26.2 Å². The van der Waals surface area contributed by atoms with Gasteiger partial charge in [0.1, 0.15) is 6.04 Å². The third kappa shape index (κ3) is 2.96. The molecule has 0 aromatic heterocycles. The Labute approximate surface area is 122 Å². The molecular formula is C14H18N4O3. The summed E-state index contributed by atoms with van der Waals surface area (Å²) in [4.78, 5) is 37.4. The van der Waals surface area contributed by atoms with E-state index < -0.39 is 6.04 Å². The van der Waals surface area contributed by atoms with Gasteiger partial charge in [0.15, 0.2) is 0 Å². The van der Waals surface area contributed by atoms with E-state index >= 15 is 0 Å². The molecule has 0 saturated carbocycles. The number of nitrogens with two attached hydrogens (primary N) is 1. The predicted molar refractivity (Wildman–Crippen MR) is 79.9 cm³/mol. The van der Waals surface area contributed by atoms with Gasteiger partial charge < -0.3 is 15.5 Å². The van der Waals surface area contributed by atoms with Crippen molar-refractivity contribution in [3.05, 3.63) is 18.2 Å². The van der Waals surface area contributed by atoms with Gasteiger partial charge in [0.05, 0.1) is 11.4 Å². The van der Waals surface area contributed by atoms with Crippen LogP contribution < -0.4 is 20.9 Å². The molecule has 1 heterocycles. The molecule has 7 nitrogen and oxygen atoms in total. The highest BCUT2D eigenvalue weighted by atomic mass is 16.2. The molecule has 1 saturated heterocycles. The zero-order valence-electron chi connectivity index (χ0n) is 12.0. The molecule has 3 amide bonds. The van der Waals surface area contributed by atoms with E-state index in [0.717, 1.165) is 0 Å². The van der Waals surface area contributed by atoms with E-state index in [2.05, 4.69) is 5.32 Å². The third-order valence-corrected chi connectivity index (χ3v) is 3.60. The highest BCUT2D eigenvalue weighted by Gasteiger charge is 2.31. The van der Waals surface area contributed by atoms with E-state index in [9.17, 15) is 14.4 Å². The Morgan fingerprint density at radius 3 is 2.62 bits per heavy atom. The minimum Gasteiger partial charge on any atom is -0.399 e. The van der Waals surface area contributed by atoms with Crippen molar-refractivity contribution < 1.29 is 14.4 Å². The van der Waals surface area contributed by atoms with Crippen molar-refractivity contribution in [3.63, 3.8) is 0 Å². The summed E-state index contributed by atoms with van der Waals surface area (Å²) in [6.07, 6.45) is 1.42. The lowest BCUT2D eigenvalue weighted by Gasteiger charge is -2.33. The zero-order chi connectivity index (χ0) is 15.6. The lowest BCUT2D eigenvalue weighted by molar-refractivity contribution is -0.134. The first-order chi connectivity index (χ1) is 9.93. The fourth-order valence-corrected chi connectivity index (χ4v) is 2.40. The monoisotopic (exact) mass is 290 g/mol. The number of nitrogens with one attached hydrogen (secondary N) is 1. The van der Waals surface area contributed by atoms with E-state index in [0.29, 0.717) is 36.3 Å². The number of nitrogen functional groups attached to an aromatic ring is 1. The number of nitrogens with zero attached hydrogens (tertiary/aromatic N) is 2. The average Bonchev–Trinajstić information content (AvgIpc) is 2.45. The summed E-state index contributed by atoms with van der Waals surface area (Å²) in [7, 11) is 3.37. The molecule has 0 aliphatic carbocycles. The molecule has 3 N–H and O–H groups in total. The lowest BCUT2D eigenvalue weighted by Crippen LogP contribution is -2.51. The molecule has 7 heteroatoms. The van der Waals surface area contributed by atoms with Crippen molar-refractivity contribution >= 4 is 35.3 Å². The predicted octanol–water partition coefficient (Wildman–Crippen LogP) is 0.103. The Morgan fingerprint density at radius 1 is 1.29 bits per heavy atom. The second-order valence-electron chi connectivity index (χ2n) is 5.04. The van der Waals surface area contributed by atoms with Crippen LogP contribution in [0.15, 0.2) is 18.2 Å². The van der Waals surface area contributed by atoms with Crippen LogP contribution in [0.5, 0.6) is 0 Å². The molecule has 1 atom stereocenters. The lowest BCUT2D eigenvalue weighted by atomic mass is 10.0. The second kappa shape index (κ2) is 5.82. The maximum absolute atomic E-state index is 12.0. The van der Waals surface area contributed by atoms with Gasteiger partial charge in [-0.15, -0.1) is 0 Å². The topological polar surface area (TPSA) is 95.7 Å². The van der Waals surface area contributed by atoms with Gasteiger partial charge in [-0.1, -0.05) is 0 Å². The fourth-order valence-electron chi connectivity index (χ4n) is 2.40. The maximum Gasteiger partial charge on any atom is 0.249 e. The Bertz CT molecular complexity index is 588. The first-order valence-electron chi connectivity index (χ1n) is 6.58. The molecule has 0 spiro atoms. The van der Waals surface area contributed by atoms with Crippen molar-refractivity contribution in [1.29, 1.82) is 0 Å². The molecule has 2 rings (SSSR count). The maximum atomic E-state index is 12.0. The minimum atomic E-state index is -0.454. The van der Waals surface area contributed by atoms with Crippen molar-refractivity contribution in [2.75, 3.05) is 29.6 Å². The van der Waals surface area contributed by atoms with Crippen molar-refractivity contribution in [1.82, 2.24) is 5.32 Å². The SMILES string of the molecule is CN(C=O)c1cc(N)ccc1N(C)C1CCC(=O)NC1=O. The number of imide groups is 1. The minimum absolute atomic E-state index is 0.257. The molecule has 21 heavy (non-hydrogen) atoms. The summed E-state index contributed by atoms with van der Waals surface area (Å²) in [5.74, 6) is -0.586. The molecule has 1 fully saturated rings. The van der Waals surface area contributed by atoms with Crippen LogP contribution in [0.4, 0.5) is 17.1 Å². The molecule has 0 bridgehead atoms. The summed E-state index contributed by atoms with van der Waals surface area (Å²) in [6, 6.07) is 4.69. The van der Waals surface area contributed by atoms with E-state index in [1.807, 2.05) is 0 Å². The van der Waals surface area contributed by atoms with Gasteiger partial charge in [0.25, 0.3) is 0 Å². The number of anilines is 3. The number of carbonyl (C=O) groups is 3. The van der Waals surface area contributed by atoms with Crippen LogP contribution in [0.3, 0.4) is 0 Å². The number of piperidine rings is 1. The Balaban J connectivity index is 2.34. The van der Waals surface area contributed by atoms with E-state index in [1.54, 1.807) is 37.2 Å². The van der Waals surface area contributed by atoms with Gasteiger partial charge in [-0.05, 0) is 24.6 Å². The standard InChI is InChI=1S/C14H18N4O3/c1-17(8-19)12-7-9(15)3-4-10(12)18(2)11-5-6-13(20)16-14(11)21/h3-4,7-8,11H,5-6,15H2,1-2H3,(H,16,20,21). The summed E-state index contributed by atoms with van der Waals surface area (Å²) in [6.45, 7) is 0. The Hall–Kier alpha value is -2.57. The number of hydrogen-bond acceptors (Lipinski definition) is 5. The average molecular weight is 290 g/mol. The van der Waals surface area contributed by atoms with Gasteiger partial charge in [0.2, 0.25) is 18.2 Å². The summed E-state index contributed by atoms with van der Waals surface area (Å²) in [5, 5.41) is 2.33. The van der Waals surface area contributed by atoms with Crippen molar-refractivity contribution in [2.24, 2.45) is 0 Å². The number of likely N-dealkylation sites (N-methyl/N-ethyl adjacent to an activating group) is 1. The highest BCUT2D eigenvalue weighted by Crippen LogP contribution is 2.32. The van der Waals surface area contributed by atoms with Crippen molar-refractivity contribution in [3.8, 4) is 0 Å².